The molecule has 0 spiro atoms. The third-order valence-electron chi connectivity index (χ3n) is 9.33. The Morgan fingerprint density at radius 2 is 1.65 bits per heavy atom. The molecule has 10 heteroatoms. The number of hydrogen-bond acceptors (Lipinski definition) is 8. The first-order valence-corrected chi connectivity index (χ1v) is 17.1. The molecule has 2 saturated heterocycles. The molecule has 0 aromatic heterocycles. The van der Waals surface area contributed by atoms with E-state index in [0.29, 0.717) is 31.8 Å². The zero-order chi connectivity index (χ0) is 33.7. The highest BCUT2D eigenvalue weighted by atomic mass is 16.7. The molecule has 5 rings (SSSR count). The van der Waals surface area contributed by atoms with Crippen LogP contribution in [0, 0.1) is 0 Å². The zero-order valence-corrected chi connectivity index (χ0v) is 27.8. The van der Waals surface area contributed by atoms with Crippen molar-refractivity contribution in [2.45, 2.75) is 89.1 Å². The predicted octanol–water partition coefficient (Wildman–Crippen LogP) is 5.57. The van der Waals surface area contributed by atoms with Crippen molar-refractivity contribution in [2.24, 2.45) is 0 Å². The van der Waals surface area contributed by atoms with E-state index in [4.69, 9.17) is 19.4 Å². The number of aliphatic hydroxyl groups is 1. The number of nitrogens with zero attached hydrogens (tertiary/aromatic N) is 1. The van der Waals surface area contributed by atoms with Gasteiger partial charge in [0.1, 0.15) is 0 Å². The van der Waals surface area contributed by atoms with Crippen LogP contribution in [0.2, 0.25) is 0 Å². The number of unbranched alkanes of at least 4 members (excludes halogenated alkanes) is 2. The first kappa shape index (κ1) is 35.7. The molecule has 2 aliphatic heterocycles. The molecule has 10 nitrogen and oxygen atoms in total. The van der Waals surface area contributed by atoms with Gasteiger partial charge in [0.2, 0.25) is 11.8 Å². The minimum atomic E-state index is -0.531. The van der Waals surface area contributed by atoms with E-state index in [-0.39, 0.29) is 31.1 Å². The number of hydroxylamine groups is 1. The Labute approximate surface area is 283 Å². The lowest BCUT2D eigenvalue weighted by atomic mass is 9.97. The summed E-state index contributed by atoms with van der Waals surface area (Å²) in [5.74, 6) is -0.439. The molecule has 4 N–H and O–H groups in total. The summed E-state index contributed by atoms with van der Waals surface area (Å²) in [6.07, 6.45) is 5.01. The van der Waals surface area contributed by atoms with Gasteiger partial charge in [-0.25, -0.2) is 5.48 Å². The lowest BCUT2D eigenvalue weighted by molar-refractivity contribution is -0.253. The molecule has 2 fully saturated rings. The molecule has 0 aliphatic carbocycles. The van der Waals surface area contributed by atoms with Crippen LogP contribution in [0.3, 0.4) is 0 Å². The van der Waals surface area contributed by atoms with Crippen LogP contribution in [-0.2, 0) is 37.0 Å². The number of hydrogen-bond donors (Lipinski definition) is 4. The van der Waals surface area contributed by atoms with Crippen molar-refractivity contribution in [2.75, 3.05) is 26.8 Å². The van der Waals surface area contributed by atoms with Crippen LogP contribution in [0.1, 0.15) is 86.0 Å². The van der Waals surface area contributed by atoms with Crippen LogP contribution in [-0.4, -0.2) is 66.0 Å². The van der Waals surface area contributed by atoms with E-state index in [0.717, 1.165) is 78.8 Å². The van der Waals surface area contributed by atoms with Gasteiger partial charge in [0.15, 0.2) is 6.29 Å². The number of methoxy groups -OCH3 is 1. The van der Waals surface area contributed by atoms with Gasteiger partial charge in [-0.15, -0.1) is 0 Å². The third-order valence-corrected chi connectivity index (χ3v) is 9.33. The summed E-state index contributed by atoms with van der Waals surface area (Å²) in [6, 6.07) is 24.7. The Bertz CT molecular complexity index is 1450. The van der Waals surface area contributed by atoms with Crippen molar-refractivity contribution >= 4 is 11.8 Å². The summed E-state index contributed by atoms with van der Waals surface area (Å²) >= 11 is 0. The van der Waals surface area contributed by atoms with E-state index in [1.807, 2.05) is 42.5 Å². The number of likely N-dealkylation sites (tertiary alicyclic amines) is 1. The molecule has 0 bridgehead atoms. The molecule has 2 aliphatic rings. The van der Waals surface area contributed by atoms with Crippen molar-refractivity contribution < 1.29 is 34.1 Å². The van der Waals surface area contributed by atoms with Gasteiger partial charge in [-0.2, -0.15) is 0 Å². The molecule has 0 unspecified atom stereocenters. The Morgan fingerprint density at radius 3 is 2.38 bits per heavy atom. The van der Waals surface area contributed by atoms with Crippen molar-refractivity contribution in [3.8, 4) is 11.1 Å². The number of ether oxygens (including phenoxy) is 3. The fraction of sp³-hybridized carbons (Fsp3) is 0.474. The van der Waals surface area contributed by atoms with Gasteiger partial charge >= 0.3 is 0 Å². The lowest BCUT2D eigenvalue weighted by Gasteiger charge is -2.38. The third kappa shape index (κ3) is 9.95. The summed E-state index contributed by atoms with van der Waals surface area (Å²) in [5, 5.41) is 21.2. The summed E-state index contributed by atoms with van der Waals surface area (Å²) in [6.45, 7) is 3.00. The van der Waals surface area contributed by atoms with Gasteiger partial charge in [0.25, 0.3) is 0 Å². The summed E-state index contributed by atoms with van der Waals surface area (Å²) in [5.41, 5.74) is 7.61. The standard InChI is InChI=1S/C38H49N3O7/c1-46-26-32-9-7-21-41(32)24-33-22-35(29-15-13-27(25-42)14-16-29)48-38(47-33)30-19-17-28(18-20-30)34-10-6-5-8-31(34)23-39-36(43)11-3-2-4-12-37(44)40-45/h5-6,8,10,13-20,32-33,35,38,42,45H,2-4,7,9,11-12,21-26H2,1H3,(H,39,43)(H,40,44)/t32-,33+,35-,38-/m0/s1. The minimum Gasteiger partial charge on any atom is -0.392 e. The second kappa shape index (κ2) is 18.2. The topological polar surface area (TPSA) is 130 Å². The maximum absolute atomic E-state index is 12.5. The van der Waals surface area contributed by atoms with Gasteiger partial charge in [-0.05, 0) is 60.0 Å². The number of benzene rings is 3. The number of carbonyl (C=O) groups excluding carboxylic acids is 2. The summed E-state index contributed by atoms with van der Waals surface area (Å²) in [7, 11) is 1.76. The second-order valence-electron chi connectivity index (χ2n) is 12.7. The highest BCUT2D eigenvalue weighted by Gasteiger charge is 2.35. The maximum atomic E-state index is 12.5. The molecule has 2 amide bonds. The van der Waals surface area contributed by atoms with Gasteiger partial charge < -0.3 is 24.6 Å². The largest absolute Gasteiger partial charge is 0.392 e. The van der Waals surface area contributed by atoms with Crippen LogP contribution in [0.5, 0.6) is 0 Å². The number of carbonyl (C=O) groups is 2. The molecule has 3 aromatic carbocycles. The quantitative estimate of drug-likeness (QED) is 0.0892. The van der Waals surface area contributed by atoms with Crippen LogP contribution in [0.4, 0.5) is 0 Å². The van der Waals surface area contributed by atoms with E-state index in [2.05, 4.69) is 40.5 Å². The molecule has 0 saturated carbocycles. The van der Waals surface area contributed by atoms with Crippen LogP contribution < -0.4 is 10.8 Å². The summed E-state index contributed by atoms with van der Waals surface area (Å²) in [4.78, 5) is 26.1. The average molecular weight is 660 g/mol. The fourth-order valence-corrected chi connectivity index (χ4v) is 6.67. The zero-order valence-electron chi connectivity index (χ0n) is 27.8. The van der Waals surface area contributed by atoms with E-state index >= 15 is 0 Å². The van der Waals surface area contributed by atoms with Crippen LogP contribution >= 0.6 is 0 Å². The molecule has 3 aromatic rings. The molecule has 4 atom stereocenters. The Morgan fingerprint density at radius 1 is 0.917 bits per heavy atom. The van der Waals surface area contributed by atoms with E-state index in [9.17, 15) is 14.7 Å². The molecule has 258 valence electrons. The van der Waals surface area contributed by atoms with Gasteiger partial charge in [0, 0.05) is 51.1 Å². The number of nitrogens with one attached hydrogen (secondary N) is 2. The van der Waals surface area contributed by atoms with Crippen molar-refractivity contribution in [3.63, 3.8) is 0 Å². The molecule has 2 heterocycles. The minimum absolute atomic E-state index is 0.00686. The Hall–Kier alpha value is -3.64. The van der Waals surface area contributed by atoms with Gasteiger partial charge in [-0.3, -0.25) is 19.7 Å². The number of aliphatic hydroxyl groups excluding tert-OH is 1. The van der Waals surface area contributed by atoms with Gasteiger partial charge in [-0.1, -0.05) is 79.2 Å². The highest BCUT2D eigenvalue weighted by molar-refractivity contribution is 5.76. The van der Waals surface area contributed by atoms with Crippen molar-refractivity contribution in [1.29, 1.82) is 0 Å². The van der Waals surface area contributed by atoms with E-state index in [1.54, 1.807) is 12.6 Å². The SMILES string of the molecule is COC[C@@H]1CCCN1C[C@H]1C[C@@H](c2ccc(CO)cc2)O[C@@H](c2ccc(-c3ccccc3CNC(=O)CCCCCC(=O)NO)cc2)O1. The van der Waals surface area contributed by atoms with E-state index < -0.39 is 12.2 Å². The Balaban J connectivity index is 1.24. The highest BCUT2D eigenvalue weighted by Crippen LogP contribution is 2.39. The number of rotatable bonds is 16. The fourth-order valence-electron chi connectivity index (χ4n) is 6.67. The smallest absolute Gasteiger partial charge is 0.243 e. The van der Waals surface area contributed by atoms with Crippen molar-refractivity contribution in [3.05, 3.63) is 95.1 Å². The number of amides is 2. The monoisotopic (exact) mass is 659 g/mol. The average Bonchev–Trinajstić information content (AvgIpc) is 3.56. The molecule has 0 radical (unpaired) electrons. The molecule has 48 heavy (non-hydrogen) atoms. The first-order valence-electron chi connectivity index (χ1n) is 17.1. The predicted molar refractivity (Wildman–Crippen MR) is 182 cm³/mol. The molecular formula is C38H49N3O7. The Kier molecular flexibility index (Phi) is 13.5. The maximum Gasteiger partial charge on any atom is 0.243 e. The van der Waals surface area contributed by atoms with Crippen LogP contribution in [0.25, 0.3) is 11.1 Å². The van der Waals surface area contributed by atoms with Crippen LogP contribution in [0.15, 0.2) is 72.8 Å². The molecular weight excluding hydrogens is 610 g/mol. The van der Waals surface area contributed by atoms with Gasteiger partial charge in [0.05, 0.1) is 25.4 Å². The van der Waals surface area contributed by atoms with Crippen molar-refractivity contribution in [1.82, 2.24) is 15.7 Å². The van der Waals surface area contributed by atoms with E-state index in [1.165, 1.54) is 0 Å². The lowest BCUT2D eigenvalue weighted by Crippen LogP contribution is -2.42. The second-order valence-corrected chi connectivity index (χ2v) is 12.7. The first-order chi connectivity index (χ1) is 23.5. The summed E-state index contributed by atoms with van der Waals surface area (Å²) < 4.78 is 18.7. The normalized spacial score (nSPS) is 21.2.